The second kappa shape index (κ2) is 7.07. The fourth-order valence-corrected chi connectivity index (χ4v) is 1.91. The average molecular weight is 258 g/mol. The van der Waals surface area contributed by atoms with Gasteiger partial charge in [0, 0.05) is 38.1 Å². The van der Waals surface area contributed by atoms with E-state index in [9.17, 15) is 0 Å². The van der Waals surface area contributed by atoms with Gasteiger partial charge in [-0.3, -0.25) is 0 Å². The third kappa shape index (κ3) is 4.50. The Morgan fingerprint density at radius 2 is 2.11 bits per heavy atom. The second-order valence-corrected chi connectivity index (χ2v) is 4.91. The van der Waals surface area contributed by atoms with Gasteiger partial charge in [0.15, 0.2) is 0 Å². The maximum Gasteiger partial charge on any atom is 0.0648 e. The molecule has 0 spiro atoms. The Morgan fingerprint density at radius 3 is 2.84 bits per heavy atom. The van der Waals surface area contributed by atoms with E-state index in [4.69, 9.17) is 0 Å². The van der Waals surface area contributed by atoms with Crippen LogP contribution in [0.4, 0.5) is 0 Å². The van der Waals surface area contributed by atoms with Crippen molar-refractivity contribution in [2.75, 3.05) is 13.1 Å². The van der Waals surface area contributed by atoms with E-state index in [0.29, 0.717) is 6.04 Å². The SMILES string of the molecule is CC(C)NCCNCc1cccc(-n2cccn2)c1. The number of rotatable bonds is 7. The van der Waals surface area contributed by atoms with Crippen molar-refractivity contribution in [1.29, 1.82) is 0 Å². The number of aromatic nitrogens is 2. The first-order valence-corrected chi connectivity index (χ1v) is 6.79. The van der Waals surface area contributed by atoms with Crippen LogP contribution < -0.4 is 10.6 Å². The molecule has 0 bridgehead atoms. The number of hydrogen-bond acceptors (Lipinski definition) is 3. The van der Waals surface area contributed by atoms with Gasteiger partial charge in [-0.05, 0) is 23.8 Å². The van der Waals surface area contributed by atoms with E-state index in [2.05, 4.69) is 53.8 Å². The van der Waals surface area contributed by atoms with Gasteiger partial charge < -0.3 is 10.6 Å². The summed E-state index contributed by atoms with van der Waals surface area (Å²) < 4.78 is 1.88. The Balaban J connectivity index is 1.83. The summed E-state index contributed by atoms with van der Waals surface area (Å²) in [5.74, 6) is 0. The standard InChI is InChI=1S/C15H22N4/c1-13(2)17-9-8-16-12-14-5-3-6-15(11-14)19-10-4-7-18-19/h3-7,10-11,13,16-17H,8-9,12H2,1-2H3. The largest absolute Gasteiger partial charge is 0.313 e. The molecular formula is C15H22N4. The van der Waals surface area contributed by atoms with Crippen LogP contribution >= 0.6 is 0 Å². The van der Waals surface area contributed by atoms with E-state index in [0.717, 1.165) is 25.3 Å². The molecule has 0 aliphatic heterocycles. The van der Waals surface area contributed by atoms with Crippen LogP contribution in [-0.4, -0.2) is 28.9 Å². The summed E-state index contributed by atoms with van der Waals surface area (Å²) in [6.07, 6.45) is 3.75. The van der Waals surface area contributed by atoms with Crippen molar-refractivity contribution in [1.82, 2.24) is 20.4 Å². The van der Waals surface area contributed by atoms with Crippen LogP contribution in [0.25, 0.3) is 5.69 Å². The highest BCUT2D eigenvalue weighted by Crippen LogP contribution is 2.09. The molecule has 4 nitrogen and oxygen atoms in total. The molecule has 0 amide bonds. The van der Waals surface area contributed by atoms with Crippen molar-refractivity contribution in [3.63, 3.8) is 0 Å². The smallest absolute Gasteiger partial charge is 0.0648 e. The molecule has 0 radical (unpaired) electrons. The van der Waals surface area contributed by atoms with E-state index >= 15 is 0 Å². The van der Waals surface area contributed by atoms with E-state index < -0.39 is 0 Å². The van der Waals surface area contributed by atoms with Crippen LogP contribution in [0.2, 0.25) is 0 Å². The fraction of sp³-hybridized carbons (Fsp3) is 0.400. The van der Waals surface area contributed by atoms with Crippen molar-refractivity contribution in [2.24, 2.45) is 0 Å². The molecule has 0 fully saturated rings. The predicted octanol–water partition coefficient (Wildman–Crippen LogP) is 1.96. The summed E-state index contributed by atoms with van der Waals surface area (Å²) >= 11 is 0. The van der Waals surface area contributed by atoms with Gasteiger partial charge in [-0.1, -0.05) is 26.0 Å². The zero-order chi connectivity index (χ0) is 13.5. The maximum atomic E-state index is 4.24. The van der Waals surface area contributed by atoms with Gasteiger partial charge in [-0.25, -0.2) is 4.68 Å². The van der Waals surface area contributed by atoms with Gasteiger partial charge in [0.2, 0.25) is 0 Å². The minimum absolute atomic E-state index is 0.546. The van der Waals surface area contributed by atoms with Crippen LogP contribution in [-0.2, 0) is 6.54 Å². The van der Waals surface area contributed by atoms with Gasteiger partial charge >= 0.3 is 0 Å². The summed E-state index contributed by atoms with van der Waals surface area (Å²) in [5.41, 5.74) is 2.38. The molecule has 1 aromatic heterocycles. The Kier molecular flexibility index (Phi) is 5.12. The van der Waals surface area contributed by atoms with Gasteiger partial charge in [0.05, 0.1) is 5.69 Å². The maximum absolute atomic E-state index is 4.24. The Bertz CT molecular complexity index is 477. The molecule has 2 aromatic rings. The highest BCUT2D eigenvalue weighted by Gasteiger charge is 1.98. The minimum Gasteiger partial charge on any atom is -0.313 e. The predicted molar refractivity (Wildman–Crippen MR) is 78.4 cm³/mol. The van der Waals surface area contributed by atoms with Crippen molar-refractivity contribution >= 4 is 0 Å². The van der Waals surface area contributed by atoms with Gasteiger partial charge in [0.25, 0.3) is 0 Å². The third-order valence-corrected chi connectivity index (χ3v) is 2.86. The van der Waals surface area contributed by atoms with Gasteiger partial charge in [0.1, 0.15) is 0 Å². The second-order valence-electron chi connectivity index (χ2n) is 4.91. The molecule has 1 aromatic carbocycles. The minimum atomic E-state index is 0.546. The highest BCUT2D eigenvalue weighted by atomic mass is 15.3. The molecule has 0 saturated carbocycles. The molecule has 102 valence electrons. The Labute approximate surface area is 114 Å². The zero-order valence-electron chi connectivity index (χ0n) is 11.6. The molecule has 2 rings (SSSR count). The summed E-state index contributed by atoms with van der Waals surface area (Å²) in [4.78, 5) is 0. The molecule has 19 heavy (non-hydrogen) atoms. The van der Waals surface area contributed by atoms with Crippen molar-refractivity contribution < 1.29 is 0 Å². The molecule has 1 heterocycles. The molecule has 0 aliphatic rings. The quantitative estimate of drug-likeness (QED) is 0.746. The average Bonchev–Trinajstić information content (AvgIpc) is 2.92. The van der Waals surface area contributed by atoms with Crippen LogP contribution in [0, 0.1) is 0 Å². The van der Waals surface area contributed by atoms with Gasteiger partial charge in [-0.2, -0.15) is 5.10 Å². The summed E-state index contributed by atoms with van der Waals surface area (Å²) in [6.45, 7) is 7.18. The molecular weight excluding hydrogens is 236 g/mol. The molecule has 0 unspecified atom stereocenters. The third-order valence-electron chi connectivity index (χ3n) is 2.86. The van der Waals surface area contributed by atoms with Crippen LogP contribution in [0.5, 0.6) is 0 Å². The monoisotopic (exact) mass is 258 g/mol. The molecule has 4 heteroatoms. The van der Waals surface area contributed by atoms with Crippen molar-refractivity contribution in [3.8, 4) is 5.69 Å². The van der Waals surface area contributed by atoms with Crippen molar-refractivity contribution in [2.45, 2.75) is 26.4 Å². The van der Waals surface area contributed by atoms with E-state index in [1.54, 1.807) is 6.20 Å². The molecule has 2 N–H and O–H groups in total. The first-order valence-electron chi connectivity index (χ1n) is 6.79. The van der Waals surface area contributed by atoms with Crippen LogP contribution in [0.1, 0.15) is 19.4 Å². The van der Waals surface area contributed by atoms with E-state index in [1.165, 1.54) is 5.56 Å². The Hall–Kier alpha value is -1.65. The lowest BCUT2D eigenvalue weighted by Gasteiger charge is -2.10. The van der Waals surface area contributed by atoms with E-state index in [1.807, 2.05) is 16.9 Å². The first kappa shape index (κ1) is 13.8. The van der Waals surface area contributed by atoms with E-state index in [-0.39, 0.29) is 0 Å². The number of nitrogens with one attached hydrogen (secondary N) is 2. The number of benzene rings is 1. The lowest BCUT2D eigenvalue weighted by Crippen LogP contribution is -2.31. The first-order chi connectivity index (χ1) is 9.25. The van der Waals surface area contributed by atoms with Gasteiger partial charge in [-0.15, -0.1) is 0 Å². The highest BCUT2D eigenvalue weighted by molar-refractivity contribution is 5.34. The summed E-state index contributed by atoms with van der Waals surface area (Å²) in [5, 5.41) is 11.1. The number of hydrogen-bond donors (Lipinski definition) is 2. The molecule has 0 saturated heterocycles. The number of nitrogens with zero attached hydrogens (tertiary/aromatic N) is 2. The topological polar surface area (TPSA) is 41.9 Å². The lowest BCUT2D eigenvalue weighted by molar-refractivity contribution is 0.555. The Morgan fingerprint density at radius 1 is 1.21 bits per heavy atom. The normalized spacial score (nSPS) is 11.1. The molecule has 0 aliphatic carbocycles. The molecule has 0 atom stereocenters. The van der Waals surface area contributed by atoms with Crippen LogP contribution in [0.15, 0.2) is 42.7 Å². The lowest BCUT2D eigenvalue weighted by atomic mass is 10.2. The summed E-state index contributed by atoms with van der Waals surface area (Å²) in [6, 6.07) is 10.9. The zero-order valence-corrected chi connectivity index (χ0v) is 11.6. The fourth-order valence-electron chi connectivity index (χ4n) is 1.91. The van der Waals surface area contributed by atoms with Crippen LogP contribution in [0.3, 0.4) is 0 Å². The van der Waals surface area contributed by atoms with Crippen molar-refractivity contribution in [3.05, 3.63) is 48.3 Å². The summed E-state index contributed by atoms with van der Waals surface area (Å²) in [7, 11) is 0.